The Labute approximate surface area is 123 Å². The summed E-state index contributed by atoms with van der Waals surface area (Å²) in [7, 11) is 1.57. The van der Waals surface area contributed by atoms with E-state index in [1.165, 1.54) is 0 Å². The van der Waals surface area contributed by atoms with Crippen LogP contribution in [-0.2, 0) is 6.42 Å². The first-order valence-corrected chi connectivity index (χ1v) is 6.81. The lowest BCUT2D eigenvalue weighted by atomic mass is 10.1. The highest BCUT2D eigenvalue weighted by Gasteiger charge is 2.19. The van der Waals surface area contributed by atoms with Crippen LogP contribution in [-0.4, -0.2) is 18.1 Å². The van der Waals surface area contributed by atoms with E-state index in [1.807, 2.05) is 38.1 Å². The summed E-state index contributed by atoms with van der Waals surface area (Å²) < 4.78 is 5.26. The molecule has 0 bridgehead atoms. The van der Waals surface area contributed by atoms with E-state index in [0.29, 0.717) is 29.1 Å². The van der Waals surface area contributed by atoms with Gasteiger partial charge in [0.1, 0.15) is 5.56 Å². The van der Waals surface area contributed by atoms with Crippen LogP contribution in [0.25, 0.3) is 11.8 Å². The molecule has 21 heavy (non-hydrogen) atoms. The van der Waals surface area contributed by atoms with Crippen molar-refractivity contribution in [1.82, 2.24) is 10.5 Å². The monoisotopic (exact) mass is 285 g/mol. The van der Waals surface area contributed by atoms with Crippen molar-refractivity contribution in [2.24, 2.45) is 5.73 Å². The molecule has 0 spiro atoms. The average Bonchev–Trinajstić information content (AvgIpc) is 2.89. The molecular weight excluding hydrogens is 266 g/mol. The highest BCUT2D eigenvalue weighted by molar-refractivity contribution is 5.99. The summed E-state index contributed by atoms with van der Waals surface area (Å²) in [5.41, 5.74) is 9.70. The smallest absolute Gasteiger partial charge is 0.256 e. The zero-order valence-corrected chi connectivity index (χ0v) is 12.4. The van der Waals surface area contributed by atoms with Crippen molar-refractivity contribution in [3.63, 3.8) is 0 Å². The van der Waals surface area contributed by atoms with E-state index in [0.717, 1.165) is 11.1 Å². The van der Waals surface area contributed by atoms with Crippen molar-refractivity contribution in [3.05, 3.63) is 52.4 Å². The van der Waals surface area contributed by atoms with E-state index in [9.17, 15) is 4.79 Å². The fourth-order valence-corrected chi connectivity index (χ4v) is 2.02. The summed E-state index contributed by atoms with van der Waals surface area (Å²) in [6.07, 6.45) is 2.26. The second kappa shape index (κ2) is 6.26. The Morgan fingerprint density at radius 3 is 2.62 bits per heavy atom. The fraction of sp³-hybridized carbons (Fsp3) is 0.250. The number of carbonyl (C=O) groups is 1. The molecule has 0 saturated heterocycles. The summed E-state index contributed by atoms with van der Waals surface area (Å²) in [6, 6.07) is 7.82. The van der Waals surface area contributed by atoms with Crippen molar-refractivity contribution < 1.29 is 9.32 Å². The molecule has 0 aliphatic carbocycles. The van der Waals surface area contributed by atoms with Crippen LogP contribution in [0.5, 0.6) is 0 Å². The minimum absolute atomic E-state index is 0.226. The van der Waals surface area contributed by atoms with Crippen molar-refractivity contribution >= 4 is 17.7 Å². The van der Waals surface area contributed by atoms with Gasteiger partial charge in [-0.2, -0.15) is 0 Å². The Kier molecular flexibility index (Phi) is 4.42. The number of hydrogen-bond acceptors (Lipinski definition) is 4. The van der Waals surface area contributed by atoms with Gasteiger partial charge in [0.2, 0.25) is 0 Å². The molecule has 0 aliphatic heterocycles. The highest BCUT2D eigenvalue weighted by Crippen LogP contribution is 2.20. The number of hydrogen-bond donors (Lipinski definition) is 2. The minimum Gasteiger partial charge on any atom is -0.398 e. The van der Waals surface area contributed by atoms with Gasteiger partial charge in [-0.3, -0.25) is 4.79 Å². The van der Waals surface area contributed by atoms with E-state index in [-0.39, 0.29) is 5.91 Å². The number of rotatable bonds is 4. The first-order chi connectivity index (χ1) is 10.1. The predicted molar refractivity (Wildman–Crippen MR) is 82.5 cm³/mol. The summed E-state index contributed by atoms with van der Waals surface area (Å²) in [6.45, 7) is 3.93. The summed E-state index contributed by atoms with van der Waals surface area (Å²) >= 11 is 0. The number of amides is 1. The maximum Gasteiger partial charge on any atom is 0.256 e. The Hall–Kier alpha value is -2.56. The van der Waals surface area contributed by atoms with Crippen LogP contribution < -0.4 is 11.1 Å². The van der Waals surface area contributed by atoms with Crippen LogP contribution in [0.3, 0.4) is 0 Å². The third kappa shape index (κ3) is 3.13. The Morgan fingerprint density at radius 2 is 2.05 bits per heavy atom. The molecule has 0 unspecified atom stereocenters. The third-order valence-electron chi connectivity index (χ3n) is 3.25. The molecule has 0 saturated carbocycles. The number of nitrogens with zero attached hydrogens (tertiary/aromatic N) is 1. The summed E-state index contributed by atoms with van der Waals surface area (Å²) in [5.74, 6) is 0.153. The highest BCUT2D eigenvalue weighted by atomic mass is 16.5. The maximum absolute atomic E-state index is 12.0. The maximum atomic E-state index is 12.0. The van der Waals surface area contributed by atoms with E-state index < -0.39 is 0 Å². The van der Waals surface area contributed by atoms with Crippen LogP contribution in [0.2, 0.25) is 0 Å². The van der Waals surface area contributed by atoms with Gasteiger partial charge in [0.25, 0.3) is 5.91 Å². The average molecular weight is 285 g/mol. The molecule has 1 aromatic heterocycles. The van der Waals surface area contributed by atoms with E-state index in [4.69, 9.17) is 10.3 Å². The van der Waals surface area contributed by atoms with Gasteiger partial charge in [-0.15, -0.1) is 0 Å². The Bertz CT molecular complexity index is 669. The van der Waals surface area contributed by atoms with Gasteiger partial charge >= 0.3 is 0 Å². The largest absolute Gasteiger partial charge is 0.398 e. The van der Waals surface area contributed by atoms with Crippen LogP contribution >= 0.6 is 0 Å². The van der Waals surface area contributed by atoms with Gasteiger partial charge < -0.3 is 15.6 Å². The zero-order chi connectivity index (χ0) is 15.4. The lowest BCUT2D eigenvalue weighted by Crippen LogP contribution is -2.19. The summed E-state index contributed by atoms with van der Waals surface area (Å²) in [4.78, 5) is 12.0. The van der Waals surface area contributed by atoms with Crippen molar-refractivity contribution in [2.75, 3.05) is 7.05 Å². The fourth-order valence-electron chi connectivity index (χ4n) is 2.02. The molecule has 0 aliphatic rings. The van der Waals surface area contributed by atoms with Gasteiger partial charge in [-0.05, 0) is 18.9 Å². The van der Waals surface area contributed by atoms with Gasteiger partial charge in [0, 0.05) is 18.8 Å². The Balaban J connectivity index is 2.42. The third-order valence-corrected chi connectivity index (χ3v) is 3.25. The molecule has 0 atom stereocenters. The van der Waals surface area contributed by atoms with E-state index >= 15 is 0 Å². The lowest BCUT2D eigenvalue weighted by molar-refractivity contribution is 0.0961. The van der Waals surface area contributed by atoms with E-state index in [2.05, 4.69) is 10.5 Å². The van der Waals surface area contributed by atoms with Gasteiger partial charge in [-0.25, -0.2) is 0 Å². The van der Waals surface area contributed by atoms with Crippen LogP contribution in [0.1, 0.15) is 39.9 Å². The molecule has 2 aromatic rings. The number of benzene rings is 1. The molecule has 1 amide bonds. The van der Waals surface area contributed by atoms with Crippen molar-refractivity contribution in [3.8, 4) is 0 Å². The second-order valence-corrected chi connectivity index (χ2v) is 4.77. The normalized spacial score (nSPS) is 11.5. The molecular formula is C16H19N3O2. The number of aryl methyl sites for hydroxylation is 2. The number of aromatic nitrogens is 1. The molecule has 1 aromatic carbocycles. The number of carbonyl (C=O) groups excluding carboxylic acids is 1. The molecule has 110 valence electrons. The molecule has 0 radical (unpaired) electrons. The predicted octanol–water partition coefficient (Wildman–Crippen LogP) is 2.36. The van der Waals surface area contributed by atoms with Crippen LogP contribution in [0, 0.1) is 6.92 Å². The lowest BCUT2D eigenvalue weighted by Gasteiger charge is -2.03. The number of nitrogens with one attached hydrogen (secondary N) is 1. The van der Waals surface area contributed by atoms with Crippen LogP contribution in [0.15, 0.2) is 28.8 Å². The molecule has 0 fully saturated rings. The Morgan fingerprint density at radius 1 is 1.38 bits per heavy atom. The molecule has 1 heterocycles. The quantitative estimate of drug-likeness (QED) is 0.903. The SMILES string of the molecule is CCc1noc(/C=C(/N)c2ccc(C)cc2)c1C(=O)NC. The van der Waals surface area contributed by atoms with Gasteiger partial charge in [0.05, 0.1) is 5.69 Å². The van der Waals surface area contributed by atoms with Crippen molar-refractivity contribution in [2.45, 2.75) is 20.3 Å². The first kappa shape index (κ1) is 14.8. The topological polar surface area (TPSA) is 81.2 Å². The first-order valence-electron chi connectivity index (χ1n) is 6.81. The van der Waals surface area contributed by atoms with Crippen LogP contribution in [0.4, 0.5) is 0 Å². The molecule has 5 heteroatoms. The zero-order valence-electron chi connectivity index (χ0n) is 12.4. The van der Waals surface area contributed by atoms with E-state index in [1.54, 1.807) is 13.1 Å². The second-order valence-electron chi connectivity index (χ2n) is 4.77. The summed E-state index contributed by atoms with van der Waals surface area (Å²) in [5, 5.41) is 6.52. The van der Waals surface area contributed by atoms with Gasteiger partial charge in [0.15, 0.2) is 5.76 Å². The number of nitrogens with two attached hydrogens (primary N) is 1. The molecule has 5 nitrogen and oxygen atoms in total. The van der Waals surface area contributed by atoms with Crippen molar-refractivity contribution in [1.29, 1.82) is 0 Å². The van der Waals surface area contributed by atoms with Gasteiger partial charge in [-0.1, -0.05) is 41.9 Å². The molecule has 3 N–H and O–H groups in total. The minimum atomic E-state index is -0.226. The standard InChI is InChI=1S/C16H19N3O2/c1-4-13-15(16(20)18-3)14(21-19-13)9-12(17)11-7-5-10(2)6-8-11/h5-9H,4,17H2,1-3H3,(H,18,20)/b12-9+. The molecule has 2 rings (SSSR count).